The Labute approximate surface area is 122 Å². The number of methoxy groups -OCH3 is 1. The first kappa shape index (κ1) is 14.7. The van der Waals surface area contributed by atoms with Crippen LogP contribution in [0.15, 0.2) is 29.3 Å². The summed E-state index contributed by atoms with van der Waals surface area (Å²) in [7, 11) is -2.39. The van der Waals surface area contributed by atoms with Crippen LogP contribution in [0.1, 0.15) is 12.5 Å². The molecule has 1 aromatic carbocycles. The number of aromatic nitrogens is 2. The summed E-state index contributed by atoms with van der Waals surface area (Å²) in [5.41, 5.74) is 0.779. The van der Waals surface area contributed by atoms with Gasteiger partial charge in [-0.3, -0.25) is 9.82 Å². The van der Waals surface area contributed by atoms with Gasteiger partial charge in [-0.2, -0.15) is 5.10 Å². The van der Waals surface area contributed by atoms with Crippen LogP contribution in [0.4, 0.5) is 5.82 Å². The summed E-state index contributed by atoms with van der Waals surface area (Å²) in [5, 5.41) is 6.85. The van der Waals surface area contributed by atoms with Crippen LogP contribution in [0.3, 0.4) is 0 Å². The highest BCUT2D eigenvalue weighted by Gasteiger charge is 2.21. The predicted molar refractivity (Wildman–Crippen MR) is 76.8 cm³/mol. The van der Waals surface area contributed by atoms with Crippen molar-refractivity contribution in [3.63, 3.8) is 0 Å². The Morgan fingerprint density at radius 1 is 1.45 bits per heavy atom. The van der Waals surface area contributed by atoms with Gasteiger partial charge < -0.3 is 4.74 Å². The number of anilines is 1. The molecule has 0 bridgehead atoms. The molecule has 0 unspecified atom stereocenters. The number of aromatic amines is 1. The third-order valence-corrected chi connectivity index (χ3v) is 4.37. The predicted octanol–water partition coefficient (Wildman–Crippen LogP) is 2.43. The molecule has 108 valence electrons. The van der Waals surface area contributed by atoms with Crippen LogP contribution < -0.4 is 9.46 Å². The van der Waals surface area contributed by atoms with Crippen molar-refractivity contribution < 1.29 is 13.2 Å². The van der Waals surface area contributed by atoms with Gasteiger partial charge in [-0.05, 0) is 18.6 Å². The number of nitrogens with zero attached hydrogens (tertiary/aromatic N) is 1. The Hall–Kier alpha value is -1.73. The number of sulfonamides is 1. The van der Waals surface area contributed by atoms with Gasteiger partial charge in [-0.15, -0.1) is 0 Å². The molecule has 0 aliphatic rings. The minimum Gasteiger partial charge on any atom is -0.495 e. The second-order valence-corrected chi connectivity index (χ2v) is 6.11. The quantitative estimate of drug-likeness (QED) is 0.887. The number of hydrogen-bond acceptors (Lipinski definition) is 4. The van der Waals surface area contributed by atoms with Crippen molar-refractivity contribution in [1.82, 2.24) is 10.2 Å². The molecule has 0 aliphatic heterocycles. The van der Waals surface area contributed by atoms with Crippen LogP contribution in [-0.2, 0) is 16.4 Å². The molecule has 0 fully saturated rings. The maximum atomic E-state index is 12.4. The van der Waals surface area contributed by atoms with E-state index in [0.29, 0.717) is 17.3 Å². The Bertz CT molecular complexity index is 712. The molecule has 6 nitrogen and oxygen atoms in total. The molecule has 0 radical (unpaired) electrons. The van der Waals surface area contributed by atoms with Crippen molar-refractivity contribution in [1.29, 1.82) is 0 Å². The highest BCUT2D eigenvalue weighted by atomic mass is 35.5. The summed E-state index contributed by atoms with van der Waals surface area (Å²) in [6.45, 7) is 1.91. The highest BCUT2D eigenvalue weighted by Crippen LogP contribution is 2.28. The number of benzene rings is 1. The molecule has 8 heteroatoms. The lowest BCUT2D eigenvalue weighted by molar-refractivity contribution is 0.403. The molecule has 0 saturated carbocycles. The largest absolute Gasteiger partial charge is 0.495 e. The molecule has 2 aromatic rings. The van der Waals surface area contributed by atoms with Crippen LogP contribution in [0.5, 0.6) is 5.75 Å². The Morgan fingerprint density at radius 3 is 2.85 bits per heavy atom. The van der Waals surface area contributed by atoms with E-state index in [2.05, 4.69) is 14.9 Å². The van der Waals surface area contributed by atoms with Crippen LogP contribution in [0, 0.1) is 0 Å². The van der Waals surface area contributed by atoms with Crippen molar-refractivity contribution >= 4 is 27.4 Å². The summed E-state index contributed by atoms with van der Waals surface area (Å²) in [6.07, 6.45) is 2.24. The van der Waals surface area contributed by atoms with E-state index >= 15 is 0 Å². The zero-order chi connectivity index (χ0) is 14.8. The zero-order valence-corrected chi connectivity index (χ0v) is 12.5. The minimum absolute atomic E-state index is 0.0149. The lowest BCUT2D eigenvalue weighted by atomic mass is 10.3. The van der Waals surface area contributed by atoms with Gasteiger partial charge in [-0.1, -0.05) is 18.5 Å². The summed E-state index contributed by atoms with van der Waals surface area (Å²) in [4.78, 5) is 0.0149. The SMILES string of the molecule is CCc1cn[nH]c1NS(=O)(=O)c1ccc(Cl)cc1OC. The molecule has 2 N–H and O–H groups in total. The van der Waals surface area contributed by atoms with Crippen LogP contribution in [-0.4, -0.2) is 25.7 Å². The Morgan fingerprint density at radius 2 is 2.20 bits per heavy atom. The van der Waals surface area contributed by atoms with Crippen molar-refractivity contribution in [3.8, 4) is 5.75 Å². The monoisotopic (exact) mass is 315 g/mol. The summed E-state index contributed by atoms with van der Waals surface area (Å²) < 4.78 is 32.3. The lowest BCUT2D eigenvalue weighted by Gasteiger charge is -2.11. The van der Waals surface area contributed by atoms with E-state index in [1.54, 1.807) is 6.20 Å². The van der Waals surface area contributed by atoms with E-state index in [0.717, 1.165) is 5.56 Å². The van der Waals surface area contributed by atoms with Gasteiger partial charge in [0.1, 0.15) is 16.5 Å². The number of hydrogen-bond donors (Lipinski definition) is 2. The maximum absolute atomic E-state index is 12.4. The summed E-state index contributed by atoms with van der Waals surface area (Å²) >= 11 is 5.82. The first-order valence-corrected chi connectivity index (χ1v) is 7.72. The smallest absolute Gasteiger partial charge is 0.266 e. The van der Waals surface area contributed by atoms with Crippen molar-refractivity contribution in [2.45, 2.75) is 18.2 Å². The van der Waals surface area contributed by atoms with Gasteiger partial charge in [0, 0.05) is 16.7 Å². The number of rotatable bonds is 5. The molecule has 0 aliphatic carbocycles. The van der Waals surface area contributed by atoms with Crippen LogP contribution >= 0.6 is 11.6 Å². The molecule has 0 amide bonds. The lowest BCUT2D eigenvalue weighted by Crippen LogP contribution is -2.15. The average molecular weight is 316 g/mol. The standard InChI is InChI=1S/C12H14ClN3O3S/c1-3-8-7-14-15-12(8)16-20(17,18)11-5-4-9(13)6-10(11)19-2/h4-7H,3H2,1-2H3,(H2,14,15,16). The Balaban J connectivity index is 2.41. The van der Waals surface area contributed by atoms with E-state index in [1.807, 2.05) is 6.92 Å². The van der Waals surface area contributed by atoms with Gasteiger partial charge in [0.05, 0.1) is 13.3 Å². The van der Waals surface area contributed by atoms with Gasteiger partial charge in [0.2, 0.25) is 0 Å². The van der Waals surface area contributed by atoms with Crippen LogP contribution in [0.25, 0.3) is 0 Å². The third-order valence-electron chi connectivity index (χ3n) is 2.75. The Kier molecular flexibility index (Phi) is 4.20. The number of nitrogens with one attached hydrogen (secondary N) is 2. The van der Waals surface area contributed by atoms with E-state index in [-0.39, 0.29) is 10.6 Å². The van der Waals surface area contributed by atoms with E-state index in [9.17, 15) is 8.42 Å². The van der Waals surface area contributed by atoms with Gasteiger partial charge in [-0.25, -0.2) is 8.42 Å². The number of halogens is 1. The fourth-order valence-electron chi connectivity index (χ4n) is 1.72. The number of ether oxygens (including phenoxy) is 1. The summed E-state index contributed by atoms with van der Waals surface area (Å²) in [5.74, 6) is 0.534. The highest BCUT2D eigenvalue weighted by molar-refractivity contribution is 7.92. The second kappa shape index (κ2) is 5.72. The normalized spacial score (nSPS) is 11.3. The molecule has 2 rings (SSSR count). The van der Waals surface area contributed by atoms with Gasteiger partial charge in [0.15, 0.2) is 0 Å². The van der Waals surface area contributed by atoms with Gasteiger partial charge in [0.25, 0.3) is 10.0 Å². The molecule has 0 saturated heterocycles. The molecule has 1 aromatic heterocycles. The molecular formula is C12H14ClN3O3S. The fourth-order valence-corrected chi connectivity index (χ4v) is 3.09. The van der Waals surface area contributed by atoms with Crippen molar-refractivity contribution in [2.24, 2.45) is 0 Å². The molecule has 1 heterocycles. The average Bonchev–Trinajstić information content (AvgIpc) is 2.84. The first-order chi connectivity index (χ1) is 9.47. The second-order valence-electron chi connectivity index (χ2n) is 4.02. The number of aryl methyl sites for hydroxylation is 1. The maximum Gasteiger partial charge on any atom is 0.266 e. The van der Waals surface area contributed by atoms with Crippen LogP contribution in [0.2, 0.25) is 5.02 Å². The fraction of sp³-hybridized carbons (Fsp3) is 0.250. The van der Waals surface area contributed by atoms with E-state index < -0.39 is 10.0 Å². The summed E-state index contributed by atoms with van der Waals surface area (Å²) in [6, 6.07) is 4.33. The van der Waals surface area contributed by atoms with Crippen molar-refractivity contribution in [3.05, 3.63) is 35.0 Å². The van der Waals surface area contributed by atoms with Gasteiger partial charge >= 0.3 is 0 Å². The first-order valence-electron chi connectivity index (χ1n) is 5.86. The molecule has 20 heavy (non-hydrogen) atoms. The van der Waals surface area contributed by atoms with E-state index in [4.69, 9.17) is 16.3 Å². The molecular weight excluding hydrogens is 302 g/mol. The van der Waals surface area contributed by atoms with Crippen molar-refractivity contribution in [2.75, 3.05) is 11.8 Å². The third kappa shape index (κ3) is 2.88. The minimum atomic E-state index is -3.78. The molecule has 0 spiro atoms. The zero-order valence-electron chi connectivity index (χ0n) is 11.0. The topological polar surface area (TPSA) is 84.1 Å². The molecule has 0 atom stereocenters. The van der Waals surface area contributed by atoms with E-state index in [1.165, 1.54) is 25.3 Å². The number of H-pyrrole nitrogens is 1.